The molecule has 0 aromatic carbocycles. The summed E-state index contributed by atoms with van der Waals surface area (Å²) in [5.74, 6) is 2.72. The quantitative estimate of drug-likeness (QED) is 0.633. The molecule has 1 saturated heterocycles. The zero-order valence-corrected chi connectivity index (χ0v) is 10.3. The van der Waals surface area contributed by atoms with Crippen molar-refractivity contribution in [2.45, 2.75) is 44.6 Å². The molecular weight excluding hydrogens is 184 g/mol. The summed E-state index contributed by atoms with van der Waals surface area (Å²) < 4.78 is 0.497. The first kappa shape index (κ1) is 10.8. The highest BCUT2D eigenvalue weighted by molar-refractivity contribution is 8.18. The van der Waals surface area contributed by atoms with Gasteiger partial charge in [-0.2, -0.15) is 0 Å². The van der Waals surface area contributed by atoms with Gasteiger partial charge in [0.2, 0.25) is 0 Å². The highest BCUT2D eigenvalue weighted by atomic mass is 32.2. The number of hydrogen-bond donors (Lipinski definition) is 0. The number of rotatable bonds is 1. The predicted octanol–water partition coefficient (Wildman–Crippen LogP) is 4.01. The Labute approximate surface area is 85.3 Å². The van der Waals surface area contributed by atoms with Crippen LogP contribution in [-0.4, -0.2) is 15.6 Å². The van der Waals surface area contributed by atoms with E-state index >= 15 is 0 Å². The molecule has 1 aliphatic heterocycles. The Hall–Kier alpha value is 0.700. The van der Waals surface area contributed by atoms with E-state index in [1.807, 2.05) is 0 Å². The summed E-state index contributed by atoms with van der Waals surface area (Å²) in [6.07, 6.45) is 2.73. The maximum Gasteiger partial charge on any atom is 0.0588 e. The second-order valence-corrected chi connectivity index (χ2v) is 8.38. The molecule has 1 fully saturated rings. The molecule has 0 amide bonds. The van der Waals surface area contributed by atoms with E-state index in [1.54, 1.807) is 0 Å². The standard InChI is InChI=1S/C10H20S2/c1-9(2,3)8-10(4)11-6-5-7-12-10/h5-8H2,1-4H3. The second kappa shape index (κ2) is 3.83. The summed E-state index contributed by atoms with van der Waals surface area (Å²) in [6, 6.07) is 0. The molecular formula is C10H20S2. The molecule has 0 spiro atoms. The van der Waals surface area contributed by atoms with Crippen LogP contribution < -0.4 is 0 Å². The smallest absolute Gasteiger partial charge is 0.0588 e. The minimum Gasteiger partial charge on any atom is -0.144 e. The molecule has 0 aliphatic carbocycles. The van der Waals surface area contributed by atoms with Crippen LogP contribution in [-0.2, 0) is 0 Å². The lowest BCUT2D eigenvalue weighted by molar-refractivity contribution is 0.368. The van der Waals surface area contributed by atoms with E-state index in [-0.39, 0.29) is 0 Å². The van der Waals surface area contributed by atoms with E-state index in [0.717, 1.165) is 0 Å². The lowest BCUT2D eigenvalue weighted by Crippen LogP contribution is -2.27. The molecule has 0 atom stereocenters. The second-order valence-electron chi connectivity index (χ2n) is 4.92. The van der Waals surface area contributed by atoms with Crippen molar-refractivity contribution in [1.29, 1.82) is 0 Å². The first-order chi connectivity index (χ1) is 5.41. The van der Waals surface area contributed by atoms with E-state index in [1.165, 1.54) is 24.3 Å². The fraction of sp³-hybridized carbons (Fsp3) is 1.00. The van der Waals surface area contributed by atoms with Gasteiger partial charge in [-0.1, -0.05) is 20.8 Å². The molecule has 1 aliphatic rings. The first-order valence-electron chi connectivity index (χ1n) is 4.69. The van der Waals surface area contributed by atoms with Crippen molar-refractivity contribution in [3.05, 3.63) is 0 Å². The molecule has 0 aromatic heterocycles. The molecule has 72 valence electrons. The van der Waals surface area contributed by atoms with Crippen molar-refractivity contribution in [1.82, 2.24) is 0 Å². The summed E-state index contributed by atoms with van der Waals surface area (Å²) >= 11 is 4.31. The summed E-state index contributed by atoms with van der Waals surface area (Å²) in [5.41, 5.74) is 0.478. The van der Waals surface area contributed by atoms with Gasteiger partial charge in [-0.3, -0.25) is 0 Å². The van der Waals surface area contributed by atoms with Crippen LogP contribution in [0.1, 0.15) is 40.5 Å². The summed E-state index contributed by atoms with van der Waals surface area (Å²) in [5, 5.41) is 0. The Morgan fingerprint density at radius 2 is 1.67 bits per heavy atom. The van der Waals surface area contributed by atoms with Crippen LogP contribution in [0.3, 0.4) is 0 Å². The SMILES string of the molecule is CC(C)(C)CC1(C)SCCCS1. The molecule has 1 heterocycles. The predicted molar refractivity (Wildman–Crippen MR) is 62.0 cm³/mol. The molecule has 1 rings (SSSR count). The van der Waals surface area contributed by atoms with Gasteiger partial charge in [0.25, 0.3) is 0 Å². The molecule has 2 heteroatoms. The Morgan fingerprint density at radius 1 is 1.17 bits per heavy atom. The molecule has 12 heavy (non-hydrogen) atoms. The van der Waals surface area contributed by atoms with Crippen LogP contribution in [0, 0.1) is 5.41 Å². The fourth-order valence-corrected chi connectivity index (χ4v) is 5.27. The lowest BCUT2D eigenvalue weighted by atomic mass is 9.90. The molecule has 0 bridgehead atoms. The van der Waals surface area contributed by atoms with Gasteiger partial charge in [-0.25, -0.2) is 0 Å². The summed E-state index contributed by atoms with van der Waals surface area (Å²) in [6.45, 7) is 9.43. The van der Waals surface area contributed by atoms with Crippen LogP contribution in [0.2, 0.25) is 0 Å². The van der Waals surface area contributed by atoms with Gasteiger partial charge in [0.05, 0.1) is 4.08 Å². The average Bonchev–Trinajstić information content (AvgIpc) is 1.83. The summed E-state index contributed by atoms with van der Waals surface area (Å²) in [7, 11) is 0. The fourth-order valence-electron chi connectivity index (χ4n) is 1.74. The third-order valence-corrected chi connectivity index (χ3v) is 5.16. The third-order valence-electron chi connectivity index (χ3n) is 1.95. The lowest BCUT2D eigenvalue weighted by Gasteiger charge is -2.37. The van der Waals surface area contributed by atoms with Crippen molar-refractivity contribution in [3.63, 3.8) is 0 Å². The van der Waals surface area contributed by atoms with Gasteiger partial charge in [0.1, 0.15) is 0 Å². The molecule has 0 nitrogen and oxygen atoms in total. The normalized spacial score (nSPS) is 24.0. The zero-order chi connectivity index (χ0) is 9.24. The Bertz CT molecular complexity index is 140. The Morgan fingerprint density at radius 3 is 2.08 bits per heavy atom. The van der Waals surface area contributed by atoms with Crippen molar-refractivity contribution >= 4 is 23.5 Å². The topological polar surface area (TPSA) is 0 Å². The van der Waals surface area contributed by atoms with E-state index in [0.29, 0.717) is 9.49 Å². The van der Waals surface area contributed by atoms with Gasteiger partial charge in [-0.05, 0) is 36.7 Å². The Kier molecular flexibility index (Phi) is 3.44. The minimum atomic E-state index is 0.478. The molecule has 0 saturated carbocycles. The highest BCUT2D eigenvalue weighted by Gasteiger charge is 2.32. The minimum absolute atomic E-state index is 0.478. The van der Waals surface area contributed by atoms with Crippen molar-refractivity contribution in [2.75, 3.05) is 11.5 Å². The Balaban J connectivity index is 2.47. The summed E-state index contributed by atoms with van der Waals surface area (Å²) in [4.78, 5) is 0. The monoisotopic (exact) mass is 204 g/mol. The van der Waals surface area contributed by atoms with Gasteiger partial charge in [0.15, 0.2) is 0 Å². The zero-order valence-electron chi connectivity index (χ0n) is 8.64. The van der Waals surface area contributed by atoms with E-state index in [9.17, 15) is 0 Å². The number of hydrogen-bond acceptors (Lipinski definition) is 2. The van der Waals surface area contributed by atoms with Gasteiger partial charge >= 0.3 is 0 Å². The van der Waals surface area contributed by atoms with E-state index in [2.05, 4.69) is 51.2 Å². The van der Waals surface area contributed by atoms with Crippen molar-refractivity contribution < 1.29 is 0 Å². The number of thioether (sulfide) groups is 2. The molecule has 0 radical (unpaired) electrons. The largest absolute Gasteiger partial charge is 0.144 e. The maximum absolute atomic E-state index is 2.41. The van der Waals surface area contributed by atoms with Crippen molar-refractivity contribution in [3.8, 4) is 0 Å². The third kappa shape index (κ3) is 3.61. The van der Waals surface area contributed by atoms with Gasteiger partial charge < -0.3 is 0 Å². The molecule has 0 aromatic rings. The van der Waals surface area contributed by atoms with Gasteiger partial charge in [0, 0.05) is 0 Å². The maximum atomic E-state index is 2.41. The first-order valence-corrected chi connectivity index (χ1v) is 6.66. The van der Waals surface area contributed by atoms with Gasteiger partial charge in [-0.15, -0.1) is 23.5 Å². The highest BCUT2D eigenvalue weighted by Crippen LogP contribution is 2.48. The van der Waals surface area contributed by atoms with Crippen LogP contribution in [0.5, 0.6) is 0 Å². The molecule has 0 unspecified atom stereocenters. The average molecular weight is 204 g/mol. The van der Waals surface area contributed by atoms with E-state index in [4.69, 9.17) is 0 Å². The van der Waals surface area contributed by atoms with E-state index < -0.39 is 0 Å². The van der Waals surface area contributed by atoms with Crippen LogP contribution in [0.15, 0.2) is 0 Å². The van der Waals surface area contributed by atoms with Crippen LogP contribution in [0.4, 0.5) is 0 Å². The molecule has 0 N–H and O–H groups in total. The van der Waals surface area contributed by atoms with Crippen LogP contribution >= 0.6 is 23.5 Å². The van der Waals surface area contributed by atoms with Crippen LogP contribution in [0.25, 0.3) is 0 Å². The van der Waals surface area contributed by atoms with Crippen molar-refractivity contribution in [2.24, 2.45) is 5.41 Å².